The van der Waals surface area contributed by atoms with Gasteiger partial charge in [-0.3, -0.25) is 4.98 Å². The summed E-state index contributed by atoms with van der Waals surface area (Å²) < 4.78 is 0. The van der Waals surface area contributed by atoms with E-state index >= 15 is 0 Å². The first kappa shape index (κ1) is 20.1. The van der Waals surface area contributed by atoms with Crippen LogP contribution >= 0.6 is 0 Å². The van der Waals surface area contributed by atoms with E-state index in [-0.39, 0.29) is 6.71 Å². The Morgan fingerprint density at radius 1 is 0.486 bits per heavy atom. The van der Waals surface area contributed by atoms with Gasteiger partial charge in [-0.15, -0.1) is 0 Å². The van der Waals surface area contributed by atoms with Gasteiger partial charge < -0.3 is 9.80 Å². The second kappa shape index (κ2) is 7.61. The predicted molar refractivity (Wildman–Crippen MR) is 148 cm³/mol. The van der Waals surface area contributed by atoms with Crippen LogP contribution in [0.4, 0.5) is 34.1 Å². The van der Waals surface area contributed by atoms with E-state index in [9.17, 15) is 0 Å². The molecule has 2 aliphatic rings. The van der Waals surface area contributed by atoms with E-state index < -0.39 is 0 Å². The van der Waals surface area contributed by atoms with Gasteiger partial charge in [0.25, 0.3) is 6.71 Å². The maximum absolute atomic E-state index is 4.80. The van der Waals surface area contributed by atoms with E-state index in [0.717, 1.165) is 22.7 Å². The number of aryl methyl sites for hydroxylation is 2. The number of fused-ring (bicyclic) bond motifs is 4. The van der Waals surface area contributed by atoms with E-state index in [1.807, 2.05) is 12.4 Å². The molecular weight excluding hydrogens is 425 g/mol. The highest BCUT2D eigenvalue weighted by Crippen LogP contribution is 2.43. The number of benzene rings is 4. The first-order valence-electron chi connectivity index (χ1n) is 12.1. The predicted octanol–water partition coefficient (Wildman–Crippen LogP) is 5.78. The summed E-state index contributed by atoms with van der Waals surface area (Å²) in [5.41, 5.74) is 13.7. The van der Waals surface area contributed by atoms with Crippen molar-refractivity contribution >= 4 is 57.2 Å². The topological polar surface area (TPSA) is 19.4 Å². The van der Waals surface area contributed by atoms with Crippen LogP contribution in [0.3, 0.4) is 0 Å². The van der Waals surface area contributed by atoms with Crippen LogP contribution in [0, 0.1) is 13.8 Å². The van der Waals surface area contributed by atoms with Gasteiger partial charge in [0.05, 0.1) is 23.8 Å². The molecule has 166 valence electrons. The molecule has 0 saturated heterocycles. The van der Waals surface area contributed by atoms with Gasteiger partial charge in [0.1, 0.15) is 0 Å². The van der Waals surface area contributed by atoms with Crippen molar-refractivity contribution in [3.05, 3.63) is 121 Å². The lowest BCUT2D eigenvalue weighted by Gasteiger charge is -2.44. The highest BCUT2D eigenvalue weighted by Gasteiger charge is 2.44. The molecule has 0 saturated carbocycles. The fourth-order valence-corrected chi connectivity index (χ4v) is 5.98. The van der Waals surface area contributed by atoms with Crippen molar-refractivity contribution in [2.45, 2.75) is 13.8 Å². The SMILES string of the molecule is Cc1cccc2c1B1c3c(C)cccc3N(c3ccccc3)c3cncc(c31)N2c1ccccc1. The van der Waals surface area contributed by atoms with Crippen molar-refractivity contribution in [1.82, 2.24) is 4.98 Å². The lowest BCUT2D eigenvalue weighted by atomic mass is 9.32. The molecule has 0 fully saturated rings. The van der Waals surface area contributed by atoms with Gasteiger partial charge in [0.15, 0.2) is 0 Å². The molecule has 0 aliphatic carbocycles. The van der Waals surface area contributed by atoms with Crippen molar-refractivity contribution in [2.75, 3.05) is 9.80 Å². The van der Waals surface area contributed by atoms with Crippen LogP contribution in [0.25, 0.3) is 0 Å². The van der Waals surface area contributed by atoms with E-state index in [2.05, 4.69) is 121 Å². The summed E-state index contributed by atoms with van der Waals surface area (Å²) in [4.78, 5) is 9.57. The monoisotopic (exact) mass is 449 g/mol. The maximum Gasteiger partial charge on any atom is 0.252 e. The summed E-state index contributed by atoms with van der Waals surface area (Å²) in [5, 5.41) is 0. The molecular formula is C31H24BN3. The van der Waals surface area contributed by atoms with Gasteiger partial charge >= 0.3 is 0 Å². The van der Waals surface area contributed by atoms with Crippen molar-refractivity contribution in [3.63, 3.8) is 0 Å². The van der Waals surface area contributed by atoms with Crippen LogP contribution < -0.4 is 26.2 Å². The highest BCUT2D eigenvalue weighted by atomic mass is 15.2. The zero-order valence-corrected chi connectivity index (χ0v) is 19.8. The van der Waals surface area contributed by atoms with E-state index in [1.165, 1.54) is 38.9 Å². The van der Waals surface area contributed by atoms with Crippen molar-refractivity contribution in [3.8, 4) is 0 Å². The van der Waals surface area contributed by atoms with Gasteiger partial charge in [-0.1, -0.05) is 71.8 Å². The Morgan fingerprint density at radius 3 is 1.40 bits per heavy atom. The molecule has 1 aromatic heterocycles. The first-order chi connectivity index (χ1) is 17.2. The van der Waals surface area contributed by atoms with Crippen molar-refractivity contribution in [2.24, 2.45) is 0 Å². The summed E-state index contributed by atoms with van der Waals surface area (Å²) in [7, 11) is 0. The van der Waals surface area contributed by atoms with Crippen LogP contribution in [0.2, 0.25) is 0 Å². The minimum Gasteiger partial charge on any atom is -0.310 e. The number of hydrogen-bond donors (Lipinski definition) is 0. The molecule has 2 aliphatic heterocycles. The maximum atomic E-state index is 4.80. The molecule has 0 spiro atoms. The molecule has 0 amide bonds. The zero-order valence-electron chi connectivity index (χ0n) is 19.8. The molecule has 4 aromatic carbocycles. The summed E-state index contributed by atoms with van der Waals surface area (Å²) in [6.45, 7) is 4.64. The lowest BCUT2D eigenvalue weighted by molar-refractivity contribution is 1.19. The second-order valence-corrected chi connectivity index (χ2v) is 9.38. The fraction of sp³-hybridized carbons (Fsp3) is 0.0645. The van der Waals surface area contributed by atoms with Gasteiger partial charge in [0, 0.05) is 22.7 Å². The highest BCUT2D eigenvalue weighted by molar-refractivity contribution is 7.00. The van der Waals surface area contributed by atoms with Crippen LogP contribution in [0.15, 0.2) is 109 Å². The smallest absolute Gasteiger partial charge is 0.252 e. The molecule has 0 N–H and O–H groups in total. The Balaban J connectivity index is 1.62. The average molecular weight is 449 g/mol. The molecule has 35 heavy (non-hydrogen) atoms. The number of nitrogens with zero attached hydrogens (tertiary/aromatic N) is 3. The molecule has 3 heterocycles. The standard InChI is InChI=1S/C31H24BN3/c1-21-11-9-17-25-29(21)32-30-22(2)12-10-18-26(30)35(24-15-7-4-8-16-24)28-20-33-19-27(31(28)32)34(25)23-13-5-3-6-14-23/h3-20H,1-2H3. The van der Waals surface area contributed by atoms with Crippen LogP contribution in [-0.4, -0.2) is 11.7 Å². The Hall–Kier alpha value is -4.31. The number of pyridine rings is 1. The normalized spacial score (nSPS) is 13.3. The summed E-state index contributed by atoms with van der Waals surface area (Å²) in [6.07, 6.45) is 4.08. The van der Waals surface area contributed by atoms with Gasteiger partial charge in [0.2, 0.25) is 0 Å². The Labute approximate surface area is 206 Å². The van der Waals surface area contributed by atoms with Crippen molar-refractivity contribution in [1.29, 1.82) is 0 Å². The molecule has 0 radical (unpaired) electrons. The molecule has 0 bridgehead atoms. The Morgan fingerprint density at radius 2 is 0.943 bits per heavy atom. The Kier molecular flexibility index (Phi) is 4.37. The molecule has 3 nitrogen and oxygen atoms in total. The summed E-state index contributed by atoms with van der Waals surface area (Å²) in [6, 6.07) is 34.6. The third-order valence-corrected chi connectivity index (χ3v) is 7.41. The van der Waals surface area contributed by atoms with Gasteiger partial charge in [-0.2, -0.15) is 0 Å². The average Bonchev–Trinajstić information content (AvgIpc) is 2.90. The molecule has 4 heteroatoms. The van der Waals surface area contributed by atoms with Gasteiger partial charge in [-0.05, 0) is 66.6 Å². The van der Waals surface area contributed by atoms with Crippen LogP contribution in [0.5, 0.6) is 0 Å². The van der Waals surface area contributed by atoms with E-state index in [0.29, 0.717) is 0 Å². The number of rotatable bonds is 2. The summed E-state index contributed by atoms with van der Waals surface area (Å²) in [5.74, 6) is 0. The van der Waals surface area contributed by atoms with Gasteiger partial charge in [-0.25, -0.2) is 0 Å². The summed E-state index contributed by atoms with van der Waals surface area (Å²) >= 11 is 0. The number of hydrogen-bond acceptors (Lipinski definition) is 3. The number of para-hydroxylation sites is 2. The lowest BCUT2D eigenvalue weighted by Crippen LogP contribution is -2.62. The minimum atomic E-state index is 0.148. The van der Waals surface area contributed by atoms with E-state index in [1.54, 1.807) is 0 Å². The fourth-order valence-electron chi connectivity index (χ4n) is 5.98. The molecule has 0 atom stereocenters. The van der Waals surface area contributed by atoms with Crippen molar-refractivity contribution < 1.29 is 0 Å². The zero-order chi connectivity index (χ0) is 23.5. The second-order valence-electron chi connectivity index (χ2n) is 9.38. The minimum absolute atomic E-state index is 0.148. The largest absolute Gasteiger partial charge is 0.310 e. The Bertz CT molecular complexity index is 1470. The third kappa shape index (κ3) is 2.83. The molecule has 0 unspecified atom stereocenters. The quantitative estimate of drug-likeness (QED) is 0.312. The number of aromatic nitrogens is 1. The number of anilines is 6. The van der Waals surface area contributed by atoms with E-state index in [4.69, 9.17) is 4.98 Å². The molecule has 5 aromatic rings. The molecule has 7 rings (SSSR count). The first-order valence-corrected chi connectivity index (χ1v) is 12.1. The third-order valence-electron chi connectivity index (χ3n) is 7.41. The van der Waals surface area contributed by atoms with Crippen LogP contribution in [-0.2, 0) is 0 Å². The van der Waals surface area contributed by atoms with Crippen LogP contribution in [0.1, 0.15) is 11.1 Å².